The van der Waals surface area contributed by atoms with Crippen LogP contribution >= 0.6 is 7.60 Å². The molecule has 0 atom stereocenters. The molecular weight excluding hydrogens is 427 g/mol. The average molecular weight is 463 g/mol. The Bertz CT molecular complexity index is 873. The first-order chi connectivity index (χ1) is 15.0. The van der Waals surface area contributed by atoms with E-state index in [0.29, 0.717) is 29.4 Å². The summed E-state index contributed by atoms with van der Waals surface area (Å²) in [4.78, 5) is 25.8. The van der Waals surface area contributed by atoms with Gasteiger partial charge in [-0.2, -0.15) is 0 Å². The van der Waals surface area contributed by atoms with Crippen LogP contribution in [0.5, 0.6) is 0 Å². The molecule has 0 amide bonds. The third-order valence-corrected chi connectivity index (χ3v) is 3.95. The zero-order valence-corrected chi connectivity index (χ0v) is 20.2. The summed E-state index contributed by atoms with van der Waals surface area (Å²) in [5.41, 5.74) is 9.71. The van der Waals surface area contributed by atoms with Crippen LogP contribution in [-0.4, -0.2) is 23.4 Å². The highest BCUT2D eigenvalue weighted by molar-refractivity contribution is 7.48. The molecule has 0 saturated heterocycles. The van der Waals surface area contributed by atoms with Crippen LogP contribution in [0.1, 0.15) is 33.6 Å². The van der Waals surface area contributed by atoms with Gasteiger partial charge >= 0.3 is 0 Å². The Kier molecular flexibility index (Phi) is 12.1. The van der Waals surface area contributed by atoms with E-state index < -0.39 is 13.9 Å². The molecule has 3 aromatic rings. The lowest BCUT2D eigenvalue weighted by Crippen LogP contribution is -2.57. The molecule has 1 aromatic heterocycles. The molecule has 0 aliphatic carbocycles. The molecule has 3 rings (SSSR count). The molecule has 0 bridgehead atoms. The zero-order valence-electron chi connectivity index (χ0n) is 19.3. The van der Waals surface area contributed by atoms with Crippen molar-refractivity contribution in [1.82, 2.24) is 10.3 Å². The van der Waals surface area contributed by atoms with Gasteiger partial charge in [-0.15, -0.1) is 0 Å². The average Bonchev–Trinajstić information content (AvgIpc) is 3.12. The summed E-state index contributed by atoms with van der Waals surface area (Å²) in [5, 5.41) is 2.54. The predicted molar refractivity (Wildman–Crippen MR) is 123 cm³/mol. The molecule has 1 heterocycles. The van der Waals surface area contributed by atoms with E-state index in [4.69, 9.17) is 4.42 Å². The van der Waals surface area contributed by atoms with Gasteiger partial charge in [0.15, 0.2) is 5.76 Å². The number of benzene rings is 2. The predicted octanol–water partition coefficient (Wildman–Crippen LogP) is 1.24. The summed E-state index contributed by atoms with van der Waals surface area (Å²) in [7, 11) is -4.60. The van der Waals surface area contributed by atoms with E-state index in [9.17, 15) is 14.4 Å². The van der Waals surface area contributed by atoms with Crippen molar-refractivity contribution in [2.45, 2.75) is 46.3 Å². The second kappa shape index (κ2) is 14.0. The molecule has 9 heteroatoms. The molecule has 0 unspecified atom stereocenters. The van der Waals surface area contributed by atoms with Gasteiger partial charge in [0, 0.05) is 17.4 Å². The van der Waals surface area contributed by atoms with Crippen LogP contribution < -0.4 is 26.6 Å². The normalized spacial score (nSPS) is 10.9. The number of hydrogen-bond donors (Lipinski definition) is 3. The van der Waals surface area contributed by atoms with E-state index in [-0.39, 0.29) is 6.54 Å². The molecule has 0 aliphatic heterocycles. The van der Waals surface area contributed by atoms with E-state index in [1.165, 1.54) is 0 Å². The van der Waals surface area contributed by atoms with Crippen molar-refractivity contribution >= 4 is 7.60 Å². The highest BCUT2D eigenvalue weighted by Crippen LogP contribution is 2.32. The summed E-state index contributed by atoms with van der Waals surface area (Å²) in [5.74, 6) is 0.923. The van der Waals surface area contributed by atoms with Gasteiger partial charge in [-0.05, 0) is 27.7 Å². The molecule has 2 aromatic carbocycles. The smallest absolute Gasteiger partial charge is 0.209 e. The monoisotopic (exact) mass is 462 g/mol. The van der Waals surface area contributed by atoms with Gasteiger partial charge in [0.05, 0.1) is 18.6 Å². The first kappa shape index (κ1) is 27.7. The van der Waals surface area contributed by atoms with E-state index in [1.54, 1.807) is 0 Å². The second-order valence-corrected chi connectivity index (χ2v) is 9.54. The lowest BCUT2D eigenvalue weighted by molar-refractivity contribution is -0.408. The largest absolute Gasteiger partial charge is 0.810 e. The molecule has 32 heavy (non-hydrogen) atoms. The number of nitrogens with zero attached hydrogens (tertiary/aromatic N) is 1. The first-order valence-electron chi connectivity index (χ1n) is 10.5. The van der Waals surface area contributed by atoms with E-state index >= 15 is 0 Å². The van der Waals surface area contributed by atoms with Gasteiger partial charge in [0.1, 0.15) is 5.69 Å². The Morgan fingerprint density at radius 2 is 1.34 bits per heavy atom. The maximum absolute atomic E-state index is 10.7. The standard InChI is InChI=1S/C17H17N2O4P.2C3H9N/c20-24(21,22)12-18-11-15-19-16(13-7-3-1-4-8-13)17(23-15)14-9-5-2-6-10-14;2*1-3(2)4/h1-10,18H,11-12H2,(H2,20,21,22);2*3H,4H2,1-2H3. The number of oxazole rings is 1. The third kappa shape index (κ3) is 11.9. The molecular formula is C23H35N4O4P. The van der Waals surface area contributed by atoms with Gasteiger partial charge in [0.25, 0.3) is 0 Å². The maximum atomic E-state index is 10.7. The third-order valence-electron chi connectivity index (χ3n) is 3.34. The van der Waals surface area contributed by atoms with Crippen molar-refractivity contribution in [2.75, 3.05) is 6.29 Å². The molecule has 0 saturated carbocycles. The van der Waals surface area contributed by atoms with Crippen molar-refractivity contribution in [1.29, 1.82) is 0 Å². The van der Waals surface area contributed by atoms with Crippen molar-refractivity contribution in [3.8, 4) is 22.6 Å². The molecule has 8 nitrogen and oxygen atoms in total. The zero-order chi connectivity index (χ0) is 24.1. The summed E-state index contributed by atoms with van der Waals surface area (Å²) in [6.45, 7) is 8.28. The summed E-state index contributed by atoms with van der Waals surface area (Å²) >= 11 is 0. The summed E-state index contributed by atoms with van der Waals surface area (Å²) < 4.78 is 16.5. The van der Waals surface area contributed by atoms with E-state index in [1.807, 2.05) is 60.7 Å². The van der Waals surface area contributed by atoms with Gasteiger partial charge < -0.3 is 35.6 Å². The highest BCUT2D eigenvalue weighted by Gasteiger charge is 2.16. The van der Waals surface area contributed by atoms with E-state index in [2.05, 4.69) is 49.5 Å². The van der Waals surface area contributed by atoms with Crippen LogP contribution in [0.15, 0.2) is 65.1 Å². The van der Waals surface area contributed by atoms with Crippen molar-refractivity contribution in [3.05, 3.63) is 66.6 Å². The maximum Gasteiger partial charge on any atom is 0.209 e. The van der Waals surface area contributed by atoms with Crippen LogP contribution in [0.2, 0.25) is 0 Å². The van der Waals surface area contributed by atoms with Gasteiger partial charge in [-0.25, -0.2) is 4.98 Å². The Morgan fingerprint density at radius 1 is 0.906 bits per heavy atom. The summed E-state index contributed by atoms with van der Waals surface area (Å²) in [6.07, 6.45) is -0.642. The second-order valence-electron chi connectivity index (χ2n) is 8.00. The molecule has 7 N–H and O–H groups in total. The number of hydrogen-bond acceptors (Lipinski definition) is 6. The Morgan fingerprint density at radius 3 is 1.78 bits per heavy atom. The Hall–Kier alpha value is -2.32. The topological polar surface area (TPSA) is 157 Å². The molecule has 176 valence electrons. The lowest BCUT2D eigenvalue weighted by Gasteiger charge is -2.29. The van der Waals surface area contributed by atoms with Crippen LogP contribution in [0.3, 0.4) is 0 Å². The molecule has 0 aliphatic rings. The number of aromatic nitrogens is 1. The van der Waals surface area contributed by atoms with Crippen LogP contribution in [-0.2, 0) is 11.1 Å². The number of quaternary nitrogens is 2. The van der Waals surface area contributed by atoms with Gasteiger partial charge in [0.2, 0.25) is 5.89 Å². The van der Waals surface area contributed by atoms with Crippen molar-refractivity contribution in [2.24, 2.45) is 0 Å². The Balaban J connectivity index is 0.000000554. The number of nitrogens with one attached hydrogen (secondary N) is 1. The van der Waals surface area contributed by atoms with Gasteiger partial charge in [-0.3, -0.25) is 0 Å². The van der Waals surface area contributed by atoms with Crippen molar-refractivity contribution in [3.63, 3.8) is 0 Å². The first-order valence-corrected chi connectivity index (χ1v) is 12.2. The highest BCUT2D eigenvalue weighted by atomic mass is 31.2. The number of rotatable bonds is 6. The fourth-order valence-electron chi connectivity index (χ4n) is 2.32. The molecule has 0 fully saturated rings. The van der Waals surface area contributed by atoms with Crippen LogP contribution in [0.25, 0.3) is 22.6 Å². The van der Waals surface area contributed by atoms with Crippen LogP contribution in [0, 0.1) is 0 Å². The van der Waals surface area contributed by atoms with Gasteiger partial charge in [-0.1, -0.05) is 68.3 Å². The lowest BCUT2D eigenvalue weighted by atomic mass is 10.1. The van der Waals surface area contributed by atoms with E-state index in [0.717, 1.165) is 11.1 Å². The minimum absolute atomic E-state index is 0.0567. The SMILES string of the molecule is CC(C)[NH3+].CC(C)[NH3+].O=P([O-])([O-])CNCc1nc(-c2ccccc2)c(-c2ccccc2)o1. The fourth-order valence-corrected chi connectivity index (χ4v) is 2.70. The quantitative estimate of drug-likeness (QED) is 0.468. The summed E-state index contributed by atoms with van der Waals surface area (Å²) in [6, 6.07) is 20.3. The molecule has 0 spiro atoms. The Labute approximate surface area is 190 Å². The van der Waals surface area contributed by atoms with Crippen molar-refractivity contribution < 1.29 is 30.2 Å². The minimum atomic E-state index is -4.60. The fraction of sp³-hybridized carbons (Fsp3) is 0.348. The minimum Gasteiger partial charge on any atom is -0.810 e. The van der Waals surface area contributed by atoms with Crippen LogP contribution in [0.4, 0.5) is 0 Å². The molecule has 0 radical (unpaired) electrons.